The van der Waals surface area contributed by atoms with Gasteiger partial charge in [-0.25, -0.2) is 4.52 Å². The number of fused-ring (bicyclic) bond motifs is 1. The molecule has 0 radical (unpaired) electrons. The van der Waals surface area contributed by atoms with E-state index in [1.165, 1.54) is 0 Å². The summed E-state index contributed by atoms with van der Waals surface area (Å²) in [6.07, 6.45) is 0. The molecule has 0 spiro atoms. The molecule has 7 heteroatoms. The maximum Gasteiger partial charge on any atom is 0.248 e. The smallest absolute Gasteiger partial charge is 0.248 e. The van der Waals surface area contributed by atoms with Crippen LogP contribution in [0.15, 0.2) is 66.7 Å². The summed E-state index contributed by atoms with van der Waals surface area (Å²) >= 11 is 0. The lowest BCUT2D eigenvalue weighted by atomic mass is 10.1. The summed E-state index contributed by atoms with van der Waals surface area (Å²) in [5.74, 6) is 0.134. The van der Waals surface area contributed by atoms with Gasteiger partial charge in [-0.05, 0) is 48.5 Å². The van der Waals surface area contributed by atoms with Gasteiger partial charge in [0.1, 0.15) is 5.75 Å². The third-order valence-electron chi connectivity index (χ3n) is 3.93. The predicted octanol–water partition coefficient (Wildman–Crippen LogP) is 3.19. The van der Waals surface area contributed by atoms with Crippen LogP contribution in [0.4, 0.5) is 11.6 Å². The van der Waals surface area contributed by atoms with Crippen molar-refractivity contribution in [2.75, 3.05) is 5.32 Å². The van der Waals surface area contributed by atoms with Crippen LogP contribution in [0, 0.1) is 0 Å². The van der Waals surface area contributed by atoms with Crippen molar-refractivity contribution in [2.45, 2.75) is 0 Å². The van der Waals surface area contributed by atoms with E-state index in [0.29, 0.717) is 17.2 Å². The normalized spacial score (nSPS) is 10.8. The van der Waals surface area contributed by atoms with Crippen molar-refractivity contribution in [1.82, 2.24) is 14.6 Å². The van der Waals surface area contributed by atoms with Gasteiger partial charge in [-0.2, -0.15) is 4.98 Å². The van der Waals surface area contributed by atoms with E-state index >= 15 is 0 Å². The van der Waals surface area contributed by atoms with Crippen LogP contribution in [0.2, 0.25) is 0 Å². The molecule has 2 aromatic carbocycles. The molecule has 0 fully saturated rings. The zero-order chi connectivity index (χ0) is 18.1. The summed E-state index contributed by atoms with van der Waals surface area (Å²) in [4.78, 5) is 15.6. The number of pyridine rings is 1. The molecule has 0 saturated heterocycles. The average Bonchev–Trinajstić information content (AvgIpc) is 3.04. The van der Waals surface area contributed by atoms with E-state index in [9.17, 15) is 9.90 Å². The molecule has 0 unspecified atom stereocenters. The highest BCUT2D eigenvalue weighted by Crippen LogP contribution is 2.24. The Morgan fingerprint density at radius 2 is 1.85 bits per heavy atom. The molecule has 0 aliphatic carbocycles. The number of nitrogens with zero attached hydrogens (tertiary/aromatic N) is 3. The topological polar surface area (TPSA) is 106 Å². The highest BCUT2D eigenvalue weighted by Gasteiger charge is 2.10. The minimum absolute atomic E-state index is 0. The molecule has 4 aromatic rings. The van der Waals surface area contributed by atoms with Gasteiger partial charge in [-0.15, -0.1) is 5.10 Å². The molecule has 0 aliphatic rings. The van der Waals surface area contributed by atoms with Gasteiger partial charge < -0.3 is 16.2 Å². The summed E-state index contributed by atoms with van der Waals surface area (Å²) in [5, 5.41) is 17.3. The highest BCUT2D eigenvalue weighted by atomic mass is 16.3. The monoisotopic (exact) mass is 347 g/mol. The second-order valence-electron chi connectivity index (χ2n) is 5.73. The SMILES string of the molecule is NC(=O)c1ccc(Nc2nc3cccc(-c4cccc(O)c4)n3n2)cc1.[HH]. The number of phenolic OH excluding ortho intramolecular Hbond substituents is 1. The fourth-order valence-electron chi connectivity index (χ4n) is 2.69. The predicted molar refractivity (Wildman–Crippen MR) is 100 cm³/mol. The van der Waals surface area contributed by atoms with E-state index in [1.54, 1.807) is 47.0 Å². The minimum Gasteiger partial charge on any atom is -0.508 e. The largest absolute Gasteiger partial charge is 0.508 e. The number of aromatic nitrogens is 3. The summed E-state index contributed by atoms with van der Waals surface area (Å²) in [6, 6.07) is 19.4. The molecule has 2 aromatic heterocycles. The molecule has 2 heterocycles. The van der Waals surface area contributed by atoms with Crippen LogP contribution in [-0.4, -0.2) is 25.6 Å². The van der Waals surface area contributed by atoms with Gasteiger partial charge >= 0.3 is 0 Å². The Labute approximate surface area is 150 Å². The van der Waals surface area contributed by atoms with E-state index < -0.39 is 5.91 Å². The maximum absolute atomic E-state index is 11.1. The number of hydrogen-bond donors (Lipinski definition) is 3. The van der Waals surface area contributed by atoms with Crippen molar-refractivity contribution in [2.24, 2.45) is 5.73 Å². The number of amides is 1. The summed E-state index contributed by atoms with van der Waals surface area (Å²) in [7, 11) is 0. The third-order valence-corrected chi connectivity index (χ3v) is 3.93. The fraction of sp³-hybridized carbons (Fsp3) is 0. The van der Waals surface area contributed by atoms with Crippen LogP contribution in [0.5, 0.6) is 5.75 Å². The first-order valence-electron chi connectivity index (χ1n) is 7.92. The molecule has 4 N–H and O–H groups in total. The molecular formula is C19H17N5O2. The number of nitrogens with one attached hydrogen (secondary N) is 1. The quantitative estimate of drug-likeness (QED) is 0.526. The van der Waals surface area contributed by atoms with Gasteiger partial charge in [0.05, 0.1) is 5.69 Å². The van der Waals surface area contributed by atoms with Crippen molar-refractivity contribution in [3.63, 3.8) is 0 Å². The highest BCUT2D eigenvalue weighted by molar-refractivity contribution is 5.93. The second kappa shape index (κ2) is 6.21. The lowest BCUT2D eigenvalue weighted by Gasteiger charge is -2.04. The van der Waals surface area contributed by atoms with Gasteiger partial charge in [0.15, 0.2) is 5.65 Å². The number of nitrogens with two attached hydrogens (primary N) is 1. The summed E-state index contributed by atoms with van der Waals surface area (Å²) in [6.45, 7) is 0. The van der Waals surface area contributed by atoms with Gasteiger partial charge in [0.2, 0.25) is 11.9 Å². The van der Waals surface area contributed by atoms with E-state index in [4.69, 9.17) is 5.73 Å². The second-order valence-corrected chi connectivity index (χ2v) is 5.73. The Morgan fingerprint density at radius 1 is 1.08 bits per heavy atom. The number of phenols is 1. The zero-order valence-electron chi connectivity index (χ0n) is 13.6. The number of anilines is 2. The van der Waals surface area contributed by atoms with Crippen LogP contribution >= 0.6 is 0 Å². The van der Waals surface area contributed by atoms with Crippen molar-refractivity contribution in [3.8, 4) is 17.0 Å². The molecule has 0 aliphatic heterocycles. The Hall–Kier alpha value is -3.87. The molecule has 0 saturated carbocycles. The molecule has 1 amide bonds. The molecule has 4 rings (SSSR count). The van der Waals surface area contributed by atoms with Crippen LogP contribution < -0.4 is 11.1 Å². The Kier molecular flexibility index (Phi) is 3.74. The van der Waals surface area contributed by atoms with Crippen LogP contribution in [0.3, 0.4) is 0 Å². The van der Waals surface area contributed by atoms with E-state index in [1.807, 2.05) is 24.3 Å². The molecule has 130 valence electrons. The van der Waals surface area contributed by atoms with Crippen LogP contribution in [-0.2, 0) is 0 Å². The lowest BCUT2D eigenvalue weighted by molar-refractivity contribution is 0.100. The average molecular weight is 347 g/mol. The number of rotatable bonds is 4. The third kappa shape index (κ3) is 2.93. The standard InChI is InChI=1S/C19H15N5O2.H2/c20-18(26)12-7-9-14(10-8-12)21-19-22-17-6-2-5-16(24(17)23-19)13-3-1-4-15(25)11-13;/h1-11,25H,(H2,20,26)(H,21,23);1H. The summed E-state index contributed by atoms with van der Waals surface area (Å²) < 4.78 is 1.70. The van der Waals surface area contributed by atoms with Gasteiger partial charge in [0, 0.05) is 18.2 Å². The number of aromatic hydroxyl groups is 1. The van der Waals surface area contributed by atoms with Crippen molar-refractivity contribution >= 4 is 23.2 Å². The first-order chi connectivity index (χ1) is 12.6. The first-order valence-corrected chi connectivity index (χ1v) is 7.92. The Balaban J connectivity index is 0.00000210. The Morgan fingerprint density at radius 3 is 2.58 bits per heavy atom. The van der Waals surface area contributed by atoms with E-state index in [0.717, 1.165) is 16.9 Å². The molecular weight excluding hydrogens is 330 g/mol. The number of benzene rings is 2. The number of carbonyl (C=O) groups is 1. The Bertz CT molecular complexity index is 1110. The van der Waals surface area contributed by atoms with Crippen molar-refractivity contribution in [1.29, 1.82) is 0 Å². The lowest BCUT2D eigenvalue weighted by Crippen LogP contribution is -2.10. The number of primary amides is 1. The molecule has 26 heavy (non-hydrogen) atoms. The minimum atomic E-state index is -0.474. The van der Waals surface area contributed by atoms with E-state index in [-0.39, 0.29) is 7.18 Å². The molecule has 0 atom stereocenters. The van der Waals surface area contributed by atoms with Gasteiger partial charge in [-0.1, -0.05) is 18.2 Å². The first kappa shape index (κ1) is 15.6. The molecule has 7 nitrogen and oxygen atoms in total. The number of hydrogen-bond acceptors (Lipinski definition) is 5. The van der Waals surface area contributed by atoms with Gasteiger partial charge in [-0.3, -0.25) is 4.79 Å². The van der Waals surface area contributed by atoms with Gasteiger partial charge in [0.25, 0.3) is 0 Å². The zero-order valence-corrected chi connectivity index (χ0v) is 13.6. The summed E-state index contributed by atoms with van der Waals surface area (Å²) in [5.41, 5.74) is 8.73. The van der Waals surface area contributed by atoms with E-state index in [2.05, 4.69) is 15.4 Å². The van der Waals surface area contributed by atoms with Crippen LogP contribution in [0.1, 0.15) is 11.8 Å². The maximum atomic E-state index is 11.1. The number of carbonyl (C=O) groups excluding carboxylic acids is 1. The van der Waals surface area contributed by atoms with Crippen molar-refractivity contribution in [3.05, 3.63) is 72.3 Å². The molecule has 0 bridgehead atoms. The van der Waals surface area contributed by atoms with Crippen LogP contribution in [0.25, 0.3) is 16.9 Å². The fourth-order valence-corrected chi connectivity index (χ4v) is 2.69. The van der Waals surface area contributed by atoms with Crippen molar-refractivity contribution < 1.29 is 11.3 Å².